The molecule has 3 aromatic rings. The molecule has 10 heteroatoms. The van der Waals surface area contributed by atoms with E-state index in [-0.39, 0.29) is 11.9 Å². The molecule has 1 saturated heterocycles. The molecule has 1 N–H and O–H groups in total. The average molecular weight is 393 g/mol. The van der Waals surface area contributed by atoms with Crippen LogP contribution < -0.4 is 5.32 Å². The summed E-state index contributed by atoms with van der Waals surface area (Å²) in [4.78, 5) is 4.32. The number of nitrogens with zero attached hydrogens (tertiary/aromatic N) is 4. The number of aromatic nitrogens is 4. The Hall–Kier alpha value is -2.04. The highest BCUT2D eigenvalue weighted by molar-refractivity contribution is 8.00. The minimum atomic E-state index is -0.302. The third-order valence-corrected chi connectivity index (χ3v) is 5.81. The highest BCUT2D eigenvalue weighted by Crippen LogP contribution is 2.28. The van der Waals surface area contributed by atoms with Crippen LogP contribution in [0, 0.1) is 5.82 Å². The summed E-state index contributed by atoms with van der Waals surface area (Å²) in [5.74, 6) is 1.14. The van der Waals surface area contributed by atoms with Crippen LogP contribution in [-0.4, -0.2) is 39.6 Å². The number of benzene rings is 1. The van der Waals surface area contributed by atoms with E-state index in [1.165, 1.54) is 35.2 Å². The molecule has 0 saturated carbocycles. The topological polar surface area (TPSA) is 86.0 Å². The Bertz CT molecular complexity index is 848. The van der Waals surface area contributed by atoms with E-state index in [0.29, 0.717) is 23.0 Å². The van der Waals surface area contributed by atoms with Crippen molar-refractivity contribution in [1.29, 1.82) is 0 Å². The lowest BCUT2D eigenvalue weighted by Crippen LogP contribution is -2.18. The lowest BCUT2D eigenvalue weighted by molar-refractivity contribution is 0.120. The summed E-state index contributed by atoms with van der Waals surface area (Å²) in [5, 5.41) is 16.3. The molecule has 0 aliphatic carbocycles. The molecule has 1 aromatic carbocycles. The van der Waals surface area contributed by atoms with Gasteiger partial charge in [-0.25, -0.2) is 4.39 Å². The zero-order chi connectivity index (χ0) is 17.8. The number of ether oxygens (including phenoxy) is 1. The second kappa shape index (κ2) is 8.11. The van der Waals surface area contributed by atoms with E-state index in [2.05, 4.69) is 25.7 Å². The molecule has 3 heterocycles. The van der Waals surface area contributed by atoms with Gasteiger partial charge in [-0.3, -0.25) is 0 Å². The summed E-state index contributed by atoms with van der Waals surface area (Å²) in [5.41, 5.74) is 0.687. The smallest absolute Gasteiger partial charge is 0.257 e. The third-order valence-electron chi connectivity index (χ3n) is 3.80. The first-order valence-corrected chi connectivity index (χ1v) is 9.97. The largest absolute Gasteiger partial charge is 0.376 e. The van der Waals surface area contributed by atoms with Gasteiger partial charge in [0.1, 0.15) is 5.82 Å². The lowest BCUT2D eigenvalue weighted by Gasteiger charge is -2.08. The van der Waals surface area contributed by atoms with Crippen molar-refractivity contribution in [1.82, 2.24) is 20.3 Å². The number of halogens is 1. The molecule has 0 bridgehead atoms. The van der Waals surface area contributed by atoms with Crippen molar-refractivity contribution in [2.75, 3.05) is 18.5 Å². The molecular formula is C16H16FN5O2S2. The van der Waals surface area contributed by atoms with E-state index in [0.717, 1.165) is 35.5 Å². The highest BCUT2D eigenvalue weighted by atomic mass is 32.2. The normalized spacial score (nSPS) is 16.9. The number of nitrogens with one attached hydrogen (secondary N) is 1. The van der Waals surface area contributed by atoms with E-state index < -0.39 is 0 Å². The summed E-state index contributed by atoms with van der Waals surface area (Å²) in [7, 11) is 0. The van der Waals surface area contributed by atoms with Crippen molar-refractivity contribution < 1.29 is 13.7 Å². The van der Waals surface area contributed by atoms with Crippen LogP contribution >= 0.6 is 23.1 Å². The summed E-state index contributed by atoms with van der Waals surface area (Å²) < 4.78 is 24.6. The van der Waals surface area contributed by atoms with Crippen molar-refractivity contribution in [3.8, 4) is 11.5 Å². The van der Waals surface area contributed by atoms with Gasteiger partial charge in [0.15, 0.2) is 10.2 Å². The molecule has 1 aliphatic heterocycles. The molecule has 136 valence electrons. The number of anilines is 1. The van der Waals surface area contributed by atoms with Gasteiger partial charge in [0, 0.05) is 18.7 Å². The quantitative estimate of drug-likeness (QED) is 0.609. The molecule has 0 spiro atoms. The van der Waals surface area contributed by atoms with Crippen LogP contribution in [0.25, 0.3) is 11.5 Å². The Balaban J connectivity index is 1.29. The summed E-state index contributed by atoms with van der Waals surface area (Å²) in [6, 6.07) is 5.94. The predicted octanol–water partition coefficient (Wildman–Crippen LogP) is 3.61. The fourth-order valence-corrected chi connectivity index (χ4v) is 4.10. The van der Waals surface area contributed by atoms with Crippen LogP contribution in [-0.2, 0) is 10.5 Å². The first-order chi connectivity index (χ1) is 12.8. The summed E-state index contributed by atoms with van der Waals surface area (Å²) >= 11 is 2.98. The monoisotopic (exact) mass is 393 g/mol. The number of rotatable bonds is 7. The molecule has 0 amide bonds. The van der Waals surface area contributed by atoms with E-state index in [4.69, 9.17) is 9.26 Å². The molecule has 26 heavy (non-hydrogen) atoms. The molecular weight excluding hydrogens is 377 g/mol. The van der Waals surface area contributed by atoms with Gasteiger partial charge in [-0.2, -0.15) is 4.98 Å². The molecule has 1 atom stereocenters. The van der Waals surface area contributed by atoms with Gasteiger partial charge in [0.05, 0.1) is 11.9 Å². The van der Waals surface area contributed by atoms with Crippen LogP contribution in [0.15, 0.2) is 33.1 Å². The SMILES string of the molecule is Fc1ccc(-c2nc(CSc3nnc(NCC4CCCO4)s3)no2)cc1. The maximum atomic E-state index is 13.0. The fourth-order valence-electron chi connectivity index (χ4n) is 2.49. The van der Waals surface area contributed by atoms with Crippen LogP contribution in [0.3, 0.4) is 0 Å². The Labute approximate surface area is 157 Å². The molecule has 7 nitrogen and oxygen atoms in total. The minimum Gasteiger partial charge on any atom is -0.376 e. The fraction of sp³-hybridized carbons (Fsp3) is 0.375. The highest BCUT2D eigenvalue weighted by Gasteiger charge is 2.16. The van der Waals surface area contributed by atoms with Crippen LogP contribution in [0.5, 0.6) is 0 Å². The van der Waals surface area contributed by atoms with Crippen molar-refractivity contribution in [2.45, 2.75) is 29.0 Å². The van der Waals surface area contributed by atoms with Crippen LogP contribution in [0.2, 0.25) is 0 Å². The maximum Gasteiger partial charge on any atom is 0.257 e. The Morgan fingerprint density at radius 1 is 1.27 bits per heavy atom. The molecule has 1 aliphatic rings. The first-order valence-electron chi connectivity index (χ1n) is 8.16. The van der Waals surface area contributed by atoms with Gasteiger partial charge in [0.2, 0.25) is 5.13 Å². The standard InChI is InChI=1S/C16H16FN5O2S2/c17-11-5-3-10(4-6-11)14-19-13(22-24-14)9-25-16-21-20-15(26-16)18-8-12-2-1-7-23-12/h3-6,12H,1-2,7-9H2,(H,18,20). The van der Waals surface area contributed by atoms with E-state index in [1.807, 2.05) is 0 Å². The lowest BCUT2D eigenvalue weighted by atomic mass is 10.2. The van der Waals surface area contributed by atoms with Crippen LogP contribution in [0.1, 0.15) is 18.7 Å². The maximum absolute atomic E-state index is 13.0. The van der Waals surface area contributed by atoms with Gasteiger partial charge in [-0.1, -0.05) is 28.3 Å². The van der Waals surface area contributed by atoms with Crippen molar-refractivity contribution >= 4 is 28.2 Å². The average Bonchev–Trinajstić information content (AvgIpc) is 3.40. The molecule has 1 fully saturated rings. The van der Waals surface area contributed by atoms with Crippen molar-refractivity contribution in [3.05, 3.63) is 35.9 Å². The van der Waals surface area contributed by atoms with Gasteiger partial charge in [0.25, 0.3) is 5.89 Å². The van der Waals surface area contributed by atoms with Gasteiger partial charge in [-0.15, -0.1) is 10.2 Å². The van der Waals surface area contributed by atoms with E-state index in [9.17, 15) is 4.39 Å². The molecule has 0 radical (unpaired) electrons. The van der Waals surface area contributed by atoms with Crippen molar-refractivity contribution in [3.63, 3.8) is 0 Å². The molecule has 1 unspecified atom stereocenters. The second-order valence-electron chi connectivity index (χ2n) is 5.70. The van der Waals surface area contributed by atoms with E-state index >= 15 is 0 Å². The van der Waals surface area contributed by atoms with Gasteiger partial charge >= 0.3 is 0 Å². The van der Waals surface area contributed by atoms with Gasteiger partial charge in [-0.05, 0) is 37.1 Å². The number of hydrogen-bond acceptors (Lipinski definition) is 9. The Kier molecular flexibility index (Phi) is 5.42. The van der Waals surface area contributed by atoms with Crippen LogP contribution in [0.4, 0.5) is 9.52 Å². The minimum absolute atomic E-state index is 0.263. The Morgan fingerprint density at radius 3 is 2.96 bits per heavy atom. The third kappa shape index (κ3) is 4.37. The predicted molar refractivity (Wildman–Crippen MR) is 96.6 cm³/mol. The molecule has 4 rings (SSSR count). The number of thioether (sulfide) groups is 1. The van der Waals surface area contributed by atoms with E-state index in [1.54, 1.807) is 12.1 Å². The summed E-state index contributed by atoms with van der Waals surface area (Å²) in [6.45, 7) is 1.60. The second-order valence-corrected chi connectivity index (χ2v) is 7.90. The van der Waals surface area contributed by atoms with Crippen molar-refractivity contribution in [2.24, 2.45) is 0 Å². The zero-order valence-electron chi connectivity index (χ0n) is 13.7. The summed E-state index contributed by atoms with van der Waals surface area (Å²) in [6.07, 6.45) is 2.47. The molecule has 2 aromatic heterocycles. The number of hydrogen-bond donors (Lipinski definition) is 1. The Morgan fingerprint density at radius 2 is 2.15 bits per heavy atom. The van der Waals surface area contributed by atoms with Gasteiger partial charge < -0.3 is 14.6 Å². The first kappa shape index (κ1) is 17.4. The zero-order valence-corrected chi connectivity index (χ0v) is 15.4.